The lowest BCUT2D eigenvalue weighted by atomic mass is 10.1. The summed E-state index contributed by atoms with van der Waals surface area (Å²) in [5.41, 5.74) is 0.893. The van der Waals surface area contributed by atoms with Gasteiger partial charge in [0.1, 0.15) is 17.4 Å². The van der Waals surface area contributed by atoms with Crippen molar-refractivity contribution >= 4 is 16.8 Å². The Labute approximate surface area is 203 Å². The van der Waals surface area contributed by atoms with Crippen LogP contribution in [-0.4, -0.2) is 33.5 Å². The number of fused-ring (bicyclic) bond motifs is 1. The molecule has 0 bridgehead atoms. The van der Waals surface area contributed by atoms with Crippen LogP contribution in [0.3, 0.4) is 0 Å². The lowest BCUT2D eigenvalue weighted by Gasteiger charge is -2.30. The highest BCUT2D eigenvalue weighted by atomic mass is 19.1. The number of hydrogen-bond acceptors (Lipinski definition) is 4. The van der Waals surface area contributed by atoms with Gasteiger partial charge in [-0.05, 0) is 68.8 Å². The lowest BCUT2D eigenvalue weighted by Crippen LogP contribution is -2.38. The molecule has 35 heavy (non-hydrogen) atoms. The standard InChI is InChI=1S/C28H28FN3O3/c1-4-18-31(27(33)22-10-6-8-12-24(22)29)19(3)26-30-25-13-9-7-11-23(25)28(34)32(26)20-14-16-21(17-15-20)35-5-2/h6-17,19H,4-5,18H2,1-3H3. The molecule has 0 aliphatic heterocycles. The second-order valence-electron chi connectivity index (χ2n) is 8.21. The summed E-state index contributed by atoms with van der Waals surface area (Å²) in [6, 6.07) is 19.6. The Morgan fingerprint density at radius 1 is 1.03 bits per heavy atom. The van der Waals surface area contributed by atoms with Gasteiger partial charge in [0.15, 0.2) is 0 Å². The van der Waals surface area contributed by atoms with E-state index in [4.69, 9.17) is 9.72 Å². The average Bonchev–Trinajstić information content (AvgIpc) is 2.87. The van der Waals surface area contributed by atoms with Gasteiger partial charge in [0.2, 0.25) is 0 Å². The number of ether oxygens (including phenoxy) is 1. The van der Waals surface area contributed by atoms with Crippen LogP contribution in [0.25, 0.3) is 16.6 Å². The molecule has 3 aromatic carbocycles. The Hall–Kier alpha value is -4.00. The first kappa shape index (κ1) is 24.1. The highest BCUT2D eigenvalue weighted by Gasteiger charge is 2.28. The lowest BCUT2D eigenvalue weighted by molar-refractivity contribution is 0.0676. The number of amides is 1. The first-order chi connectivity index (χ1) is 17.0. The fourth-order valence-corrected chi connectivity index (χ4v) is 4.18. The Morgan fingerprint density at radius 2 is 1.71 bits per heavy atom. The van der Waals surface area contributed by atoms with Gasteiger partial charge < -0.3 is 9.64 Å². The maximum absolute atomic E-state index is 14.5. The summed E-state index contributed by atoms with van der Waals surface area (Å²) in [5.74, 6) is 0.0604. The Kier molecular flexibility index (Phi) is 7.25. The van der Waals surface area contributed by atoms with Crippen molar-refractivity contribution in [3.05, 3.63) is 100 Å². The van der Waals surface area contributed by atoms with Gasteiger partial charge in [-0.25, -0.2) is 9.37 Å². The van der Waals surface area contributed by atoms with Crippen molar-refractivity contribution in [3.8, 4) is 11.4 Å². The molecule has 0 spiro atoms. The summed E-state index contributed by atoms with van der Waals surface area (Å²) < 4.78 is 21.6. The highest BCUT2D eigenvalue weighted by molar-refractivity contribution is 5.94. The van der Waals surface area contributed by atoms with Crippen LogP contribution in [0.2, 0.25) is 0 Å². The van der Waals surface area contributed by atoms with E-state index >= 15 is 0 Å². The number of halogens is 1. The molecule has 1 amide bonds. The van der Waals surface area contributed by atoms with E-state index in [1.165, 1.54) is 16.7 Å². The summed E-state index contributed by atoms with van der Waals surface area (Å²) in [6.45, 7) is 6.57. The monoisotopic (exact) mass is 473 g/mol. The average molecular weight is 474 g/mol. The first-order valence-electron chi connectivity index (χ1n) is 11.8. The second-order valence-corrected chi connectivity index (χ2v) is 8.21. The second kappa shape index (κ2) is 10.5. The van der Waals surface area contributed by atoms with E-state index in [0.29, 0.717) is 47.7 Å². The Balaban J connectivity index is 1.89. The molecular weight excluding hydrogens is 445 g/mol. The van der Waals surface area contributed by atoms with Crippen molar-refractivity contribution in [1.29, 1.82) is 0 Å². The van der Waals surface area contributed by atoms with E-state index in [9.17, 15) is 14.0 Å². The zero-order chi connectivity index (χ0) is 24.9. The normalized spacial score (nSPS) is 11.9. The minimum absolute atomic E-state index is 0.0106. The number of aromatic nitrogens is 2. The molecule has 0 aliphatic carbocycles. The Morgan fingerprint density at radius 3 is 2.40 bits per heavy atom. The largest absolute Gasteiger partial charge is 0.494 e. The van der Waals surface area contributed by atoms with Crippen molar-refractivity contribution in [2.24, 2.45) is 0 Å². The molecule has 0 aliphatic rings. The van der Waals surface area contributed by atoms with E-state index in [-0.39, 0.29) is 11.1 Å². The molecule has 180 valence electrons. The van der Waals surface area contributed by atoms with Crippen molar-refractivity contribution in [2.75, 3.05) is 13.2 Å². The van der Waals surface area contributed by atoms with E-state index in [2.05, 4.69) is 0 Å². The predicted octanol–water partition coefficient (Wildman–Crippen LogP) is 5.54. The Bertz CT molecular complexity index is 1400. The molecule has 1 aromatic heterocycles. The first-order valence-corrected chi connectivity index (χ1v) is 11.8. The van der Waals surface area contributed by atoms with Crippen molar-refractivity contribution in [1.82, 2.24) is 14.5 Å². The van der Waals surface area contributed by atoms with Crippen molar-refractivity contribution < 1.29 is 13.9 Å². The molecule has 0 fully saturated rings. The number of nitrogens with zero attached hydrogens (tertiary/aromatic N) is 3. The zero-order valence-electron chi connectivity index (χ0n) is 20.1. The van der Waals surface area contributed by atoms with Gasteiger partial charge in [0.05, 0.1) is 34.8 Å². The van der Waals surface area contributed by atoms with Crippen LogP contribution in [0.5, 0.6) is 5.75 Å². The fraction of sp³-hybridized carbons (Fsp3) is 0.250. The number of para-hydroxylation sites is 1. The van der Waals surface area contributed by atoms with Gasteiger partial charge in [-0.15, -0.1) is 0 Å². The molecule has 0 saturated heterocycles. The summed E-state index contributed by atoms with van der Waals surface area (Å²) in [6.07, 6.45) is 0.658. The van der Waals surface area contributed by atoms with Crippen molar-refractivity contribution in [3.63, 3.8) is 0 Å². The third kappa shape index (κ3) is 4.80. The maximum Gasteiger partial charge on any atom is 0.266 e. The molecular formula is C28H28FN3O3. The van der Waals surface area contributed by atoms with E-state index in [1.807, 2.05) is 26.8 Å². The molecule has 1 heterocycles. The van der Waals surface area contributed by atoms with Gasteiger partial charge in [0, 0.05) is 6.54 Å². The van der Waals surface area contributed by atoms with Gasteiger partial charge >= 0.3 is 0 Å². The molecule has 4 rings (SSSR count). The number of carbonyl (C=O) groups is 1. The summed E-state index contributed by atoms with van der Waals surface area (Å²) >= 11 is 0. The van der Waals surface area contributed by atoms with Gasteiger partial charge in [0.25, 0.3) is 11.5 Å². The maximum atomic E-state index is 14.5. The van der Waals surface area contributed by atoms with Gasteiger partial charge in [-0.1, -0.05) is 31.2 Å². The molecule has 0 radical (unpaired) electrons. The van der Waals surface area contributed by atoms with Crippen LogP contribution in [0.15, 0.2) is 77.6 Å². The minimum atomic E-state index is -0.606. The third-order valence-electron chi connectivity index (χ3n) is 5.88. The van der Waals surface area contributed by atoms with Crippen LogP contribution >= 0.6 is 0 Å². The molecule has 0 saturated carbocycles. The molecule has 6 nitrogen and oxygen atoms in total. The topological polar surface area (TPSA) is 64.4 Å². The SMILES string of the molecule is CCCN(C(=O)c1ccccc1F)C(C)c1nc2ccccc2c(=O)n1-c1ccc(OCC)cc1. The van der Waals surface area contributed by atoms with E-state index in [1.54, 1.807) is 59.5 Å². The fourth-order valence-electron chi connectivity index (χ4n) is 4.18. The van der Waals surface area contributed by atoms with Crippen LogP contribution in [-0.2, 0) is 0 Å². The number of benzene rings is 3. The smallest absolute Gasteiger partial charge is 0.266 e. The highest BCUT2D eigenvalue weighted by Crippen LogP contribution is 2.26. The molecule has 0 N–H and O–H groups in total. The number of rotatable bonds is 8. The quantitative estimate of drug-likeness (QED) is 0.337. The summed E-state index contributed by atoms with van der Waals surface area (Å²) in [7, 11) is 0. The third-order valence-corrected chi connectivity index (χ3v) is 5.88. The summed E-state index contributed by atoms with van der Waals surface area (Å²) in [5, 5.41) is 0.472. The summed E-state index contributed by atoms with van der Waals surface area (Å²) in [4.78, 5) is 33.5. The molecule has 1 atom stereocenters. The predicted molar refractivity (Wildman–Crippen MR) is 135 cm³/mol. The van der Waals surface area contributed by atoms with Gasteiger partial charge in [-0.2, -0.15) is 0 Å². The van der Waals surface area contributed by atoms with Crippen LogP contribution in [0.4, 0.5) is 4.39 Å². The van der Waals surface area contributed by atoms with Crippen LogP contribution in [0.1, 0.15) is 49.4 Å². The molecule has 7 heteroatoms. The number of hydrogen-bond donors (Lipinski definition) is 0. The molecule has 4 aromatic rings. The minimum Gasteiger partial charge on any atom is -0.494 e. The van der Waals surface area contributed by atoms with E-state index in [0.717, 1.165) is 0 Å². The van der Waals surface area contributed by atoms with Crippen LogP contribution < -0.4 is 10.3 Å². The zero-order valence-corrected chi connectivity index (χ0v) is 20.1. The number of carbonyl (C=O) groups excluding carboxylic acids is 1. The van der Waals surface area contributed by atoms with Crippen LogP contribution in [0, 0.1) is 5.82 Å². The van der Waals surface area contributed by atoms with Crippen molar-refractivity contribution in [2.45, 2.75) is 33.2 Å². The van der Waals surface area contributed by atoms with Gasteiger partial charge in [-0.3, -0.25) is 14.2 Å². The molecule has 1 unspecified atom stereocenters. The van der Waals surface area contributed by atoms with E-state index < -0.39 is 17.8 Å².